The first-order valence-electron chi connectivity index (χ1n) is 8.53. The van der Waals surface area contributed by atoms with Gasteiger partial charge in [-0.2, -0.15) is 0 Å². The third-order valence-electron chi connectivity index (χ3n) is 5.78. The van der Waals surface area contributed by atoms with Gasteiger partial charge in [-0.15, -0.1) is 0 Å². The molecule has 0 spiro atoms. The van der Waals surface area contributed by atoms with E-state index in [1.165, 1.54) is 19.3 Å². The zero-order chi connectivity index (χ0) is 14.9. The van der Waals surface area contributed by atoms with Gasteiger partial charge in [0, 0.05) is 0 Å². The molecule has 20 heavy (non-hydrogen) atoms. The Bertz CT molecular complexity index is 331. The van der Waals surface area contributed by atoms with Crippen LogP contribution in [0.1, 0.15) is 73.1 Å². The normalized spacial score (nSPS) is 34.1. The Morgan fingerprint density at radius 3 is 2.10 bits per heavy atom. The van der Waals surface area contributed by atoms with Crippen molar-refractivity contribution >= 4 is 5.97 Å². The minimum absolute atomic E-state index is 0.00498. The maximum Gasteiger partial charge on any atom is 0.311 e. The fraction of sp³-hybridized carbons (Fsp3) is 0.944. The van der Waals surface area contributed by atoms with Crippen molar-refractivity contribution in [1.82, 2.24) is 0 Å². The Labute approximate surface area is 124 Å². The fourth-order valence-corrected chi connectivity index (χ4v) is 3.94. The van der Waals surface area contributed by atoms with Gasteiger partial charge in [0.05, 0.1) is 5.41 Å². The summed E-state index contributed by atoms with van der Waals surface area (Å²) in [6.45, 7) is 10.8. The molecule has 2 bridgehead atoms. The maximum atomic E-state index is 12.2. The molecule has 2 aliphatic carbocycles. The number of hydrogen-bond acceptors (Lipinski definition) is 2. The zero-order valence-corrected chi connectivity index (χ0v) is 13.9. The van der Waals surface area contributed by atoms with E-state index in [9.17, 15) is 4.79 Å². The Morgan fingerprint density at radius 2 is 1.65 bits per heavy atom. The highest BCUT2D eigenvalue weighted by molar-refractivity contribution is 5.76. The molecule has 2 unspecified atom stereocenters. The average Bonchev–Trinajstić information content (AvgIpc) is 2.37. The lowest BCUT2D eigenvalue weighted by atomic mass is 9.65. The molecule has 0 aromatic carbocycles. The first-order valence-corrected chi connectivity index (χ1v) is 8.53. The van der Waals surface area contributed by atoms with E-state index in [0.29, 0.717) is 0 Å². The molecule has 2 heteroatoms. The largest absolute Gasteiger partial charge is 0.462 e. The predicted molar refractivity (Wildman–Crippen MR) is 82.3 cm³/mol. The number of fused-ring (bicyclic) bond motifs is 2. The summed E-state index contributed by atoms with van der Waals surface area (Å²) in [5, 5.41) is 0. The molecule has 2 aliphatic rings. The van der Waals surface area contributed by atoms with E-state index in [0.717, 1.165) is 42.9 Å². The summed E-state index contributed by atoms with van der Waals surface area (Å²) < 4.78 is 5.84. The Kier molecular flexibility index (Phi) is 4.81. The number of carbonyl (C=O) groups excluding carboxylic acids is 1. The zero-order valence-electron chi connectivity index (χ0n) is 13.9. The van der Waals surface area contributed by atoms with Crippen LogP contribution in [0.2, 0.25) is 0 Å². The van der Waals surface area contributed by atoms with E-state index < -0.39 is 0 Å². The van der Waals surface area contributed by atoms with Crippen LogP contribution in [0.25, 0.3) is 0 Å². The van der Waals surface area contributed by atoms with Crippen LogP contribution in [0, 0.1) is 29.1 Å². The summed E-state index contributed by atoms with van der Waals surface area (Å²) in [5.74, 6) is 3.28. The second-order valence-electron chi connectivity index (χ2n) is 8.18. The van der Waals surface area contributed by atoms with Gasteiger partial charge < -0.3 is 4.74 Å². The smallest absolute Gasteiger partial charge is 0.311 e. The molecular weight excluding hydrogens is 248 g/mol. The van der Waals surface area contributed by atoms with E-state index in [1.54, 1.807) is 0 Å². The van der Waals surface area contributed by atoms with Crippen LogP contribution in [0.15, 0.2) is 0 Å². The third kappa shape index (κ3) is 3.56. The molecular formula is C18H32O2. The molecule has 0 aliphatic heterocycles. The number of rotatable bonds is 4. The summed E-state index contributed by atoms with van der Waals surface area (Å²) in [6, 6.07) is 0. The van der Waals surface area contributed by atoms with Crippen LogP contribution in [0.4, 0.5) is 0 Å². The molecule has 0 saturated heterocycles. The minimum Gasteiger partial charge on any atom is -0.462 e. The first-order chi connectivity index (χ1) is 9.31. The Hall–Kier alpha value is -0.530. The minimum atomic E-state index is -0.326. The van der Waals surface area contributed by atoms with Gasteiger partial charge in [-0.3, -0.25) is 4.79 Å². The lowest BCUT2D eigenvalue weighted by molar-refractivity contribution is -0.164. The second-order valence-corrected chi connectivity index (χ2v) is 8.18. The lowest BCUT2D eigenvalue weighted by Crippen LogP contribution is -2.39. The number of esters is 1. The summed E-state index contributed by atoms with van der Waals surface area (Å²) in [6.07, 6.45) is 7.30. The van der Waals surface area contributed by atoms with Crippen molar-refractivity contribution in [3.8, 4) is 0 Å². The SMILES string of the molecule is CCC(C)(C)C(=O)OC1CC2CC(C1)CC(C(C)C)C2. The molecule has 0 amide bonds. The van der Waals surface area contributed by atoms with Crippen molar-refractivity contribution in [3.05, 3.63) is 0 Å². The molecule has 2 saturated carbocycles. The molecule has 0 heterocycles. The molecule has 2 fully saturated rings. The third-order valence-corrected chi connectivity index (χ3v) is 5.78. The summed E-state index contributed by atoms with van der Waals surface area (Å²) in [4.78, 5) is 12.2. The molecule has 2 atom stereocenters. The average molecular weight is 280 g/mol. The second kappa shape index (κ2) is 6.07. The maximum absolute atomic E-state index is 12.2. The molecule has 0 radical (unpaired) electrons. The first kappa shape index (κ1) is 15.9. The van der Waals surface area contributed by atoms with Gasteiger partial charge in [-0.05, 0) is 76.0 Å². The molecule has 116 valence electrons. The lowest BCUT2D eigenvalue weighted by Gasteiger charge is -2.43. The molecule has 2 nitrogen and oxygen atoms in total. The van der Waals surface area contributed by atoms with E-state index >= 15 is 0 Å². The molecule has 0 aromatic rings. The van der Waals surface area contributed by atoms with E-state index in [1.807, 2.05) is 13.8 Å². The monoisotopic (exact) mass is 280 g/mol. The van der Waals surface area contributed by atoms with Gasteiger partial charge in [0.2, 0.25) is 0 Å². The van der Waals surface area contributed by atoms with Crippen molar-refractivity contribution < 1.29 is 9.53 Å². The summed E-state index contributed by atoms with van der Waals surface area (Å²) in [5.41, 5.74) is -0.326. The fourth-order valence-electron chi connectivity index (χ4n) is 3.94. The van der Waals surface area contributed by atoms with Gasteiger partial charge in [0.15, 0.2) is 0 Å². The highest BCUT2D eigenvalue weighted by Gasteiger charge is 2.39. The highest BCUT2D eigenvalue weighted by atomic mass is 16.5. The van der Waals surface area contributed by atoms with E-state index in [-0.39, 0.29) is 17.5 Å². The van der Waals surface area contributed by atoms with Crippen LogP contribution in [-0.2, 0) is 9.53 Å². The number of hydrogen-bond donors (Lipinski definition) is 0. The Balaban J connectivity index is 1.91. The molecule has 2 rings (SSSR count). The van der Waals surface area contributed by atoms with Crippen molar-refractivity contribution in [2.75, 3.05) is 0 Å². The molecule has 0 N–H and O–H groups in total. The highest BCUT2D eigenvalue weighted by Crippen LogP contribution is 2.45. The van der Waals surface area contributed by atoms with Crippen molar-refractivity contribution in [3.63, 3.8) is 0 Å². The van der Waals surface area contributed by atoms with Crippen LogP contribution < -0.4 is 0 Å². The van der Waals surface area contributed by atoms with E-state index in [4.69, 9.17) is 4.74 Å². The van der Waals surface area contributed by atoms with Crippen molar-refractivity contribution in [2.45, 2.75) is 79.2 Å². The van der Waals surface area contributed by atoms with Crippen LogP contribution in [0.5, 0.6) is 0 Å². The summed E-state index contributed by atoms with van der Waals surface area (Å²) >= 11 is 0. The van der Waals surface area contributed by atoms with Crippen molar-refractivity contribution in [2.24, 2.45) is 29.1 Å². The van der Waals surface area contributed by atoms with Gasteiger partial charge in [-0.1, -0.05) is 20.8 Å². The topological polar surface area (TPSA) is 26.3 Å². The standard InChI is InChI=1S/C18H32O2/c1-6-18(4,5)17(19)20-16-10-13-7-14(11-16)9-15(8-13)12(2)3/h12-16H,6-11H2,1-5H3. The van der Waals surface area contributed by atoms with Gasteiger partial charge in [0.1, 0.15) is 6.10 Å². The summed E-state index contributed by atoms with van der Waals surface area (Å²) in [7, 11) is 0. The predicted octanol–water partition coefficient (Wildman–Crippen LogP) is 4.82. The van der Waals surface area contributed by atoms with Gasteiger partial charge >= 0.3 is 5.97 Å². The number of ether oxygens (including phenoxy) is 1. The van der Waals surface area contributed by atoms with Gasteiger partial charge in [0.25, 0.3) is 0 Å². The number of carbonyl (C=O) groups is 1. The molecule has 0 aromatic heterocycles. The van der Waals surface area contributed by atoms with Crippen LogP contribution >= 0.6 is 0 Å². The van der Waals surface area contributed by atoms with E-state index in [2.05, 4.69) is 20.8 Å². The Morgan fingerprint density at radius 1 is 1.10 bits per heavy atom. The quantitative estimate of drug-likeness (QED) is 0.690. The van der Waals surface area contributed by atoms with Gasteiger partial charge in [-0.25, -0.2) is 0 Å². The van der Waals surface area contributed by atoms with Crippen molar-refractivity contribution in [1.29, 1.82) is 0 Å². The van der Waals surface area contributed by atoms with Crippen LogP contribution in [0.3, 0.4) is 0 Å². The van der Waals surface area contributed by atoms with Crippen LogP contribution in [-0.4, -0.2) is 12.1 Å².